The van der Waals surface area contributed by atoms with Gasteiger partial charge < -0.3 is 4.98 Å². The van der Waals surface area contributed by atoms with E-state index in [2.05, 4.69) is 27.0 Å². The first-order valence-electron chi connectivity index (χ1n) is 5.81. The summed E-state index contributed by atoms with van der Waals surface area (Å²) in [5.41, 5.74) is 2.33. The van der Waals surface area contributed by atoms with Gasteiger partial charge in [0.05, 0.1) is 27.3 Å². The number of nitrogens with one attached hydrogen (secondary N) is 1. The van der Waals surface area contributed by atoms with Crippen LogP contribution in [0.3, 0.4) is 0 Å². The van der Waals surface area contributed by atoms with Gasteiger partial charge in [-0.3, -0.25) is 4.57 Å². The Morgan fingerprint density at radius 2 is 2.14 bits per heavy atom. The van der Waals surface area contributed by atoms with Crippen molar-refractivity contribution < 1.29 is 4.39 Å². The van der Waals surface area contributed by atoms with Gasteiger partial charge in [0.25, 0.3) is 0 Å². The van der Waals surface area contributed by atoms with Crippen molar-refractivity contribution in [2.24, 2.45) is 0 Å². The highest BCUT2D eigenvalue weighted by Gasteiger charge is 2.15. The first-order valence-corrected chi connectivity index (χ1v) is 7.39. The Bertz CT molecular complexity index is 947. The number of H-pyrrole nitrogens is 1. The van der Waals surface area contributed by atoms with Crippen LogP contribution in [0.1, 0.15) is 5.56 Å². The van der Waals surface area contributed by atoms with Crippen molar-refractivity contribution in [1.82, 2.24) is 9.55 Å². The topological polar surface area (TPSA) is 44.5 Å². The molecule has 0 bridgehead atoms. The van der Waals surface area contributed by atoms with E-state index in [1.165, 1.54) is 12.1 Å². The summed E-state index contributed by atoms with van der Waals surface area (Å²) in [5.74, 6) is -0.445. The number of fused-ring (bicyclic) bond motifs is 1. The largest absolute Gasteiger partial charge is 0.329 e. The van der Waals surface area contributed by atoms with Crippen molar-refractivity contribution in [3.63, 3.8) is 0 Å². The van der Waals surface area contributed by atoms with E-state index >= 15 is 0 Å². The second-order valence-electron chi connectivity index (χ2n) is 4.30. The van der Waals surface area contributed by atoms with Gasteiger partial charge in [-0.05, 0) is 52.4 Å². The minimum absolute atomic E-state index is 0.223. The van der Waals surface area contributed by atoms with Crippen LogP contribution in [0.2, 0.25) is 5.02 Å². The summed E-state index contributed by atoms with van der Waals surface area (Å²) in [6.45, 7) is 0. The zero-order valence-electron chi connectivity index (χ0n) is 10.3. The predicted molar refractivity (Wildman–Crippen MR) is 85.8 cm³/mol. The lowest BCUT2D eigenvalue weighted by Gasteiger charge is -2.10. The van der Waals surface area contributed by atoms with E-state index in [9.17, 15) is 4.39 Å². The molecule has 0 aliphatic rings. The van der Waals surface area contributed by atoms with Crippen LogP contribution in [-0.4, -0.2) is 9.55 Å². The summed E-state index contributed by atoms with van der Waals surface area (Å²) < 4.78 is 15.9. The molecule has 0 atom stereocenters. The molecule has 21 heavy (non-hydrogen) atoms. The Labute approximate surface area is 137 Å². The van der Waals surface area contributed by atoms with Gasteiger partial charge in [-0.15, -0.1) is 0 Å². The molecule has 0 aliphatic carbocycles. The van der Waals surface area contributed by atoms with Gasteiger partial charge in [0, 0.05) is 4.47 Å². The summed E-state index contributed by atoms with van der Waals surface area (Å²) in [5, 5.41) is 9.38. The molecule has 0 aliphatic heterocycles. The first kappa shape index (κ1) is 14.3. The quantitative estimate of drug-likeness (QED) is 0.594. The molecule has 0 unspecified atom stereocenters. The number of halogens is 3. The van der Waals surface area contributed by atoms with Gasteiger partial charge in [0.15, 0.2) is 4.77 Å². The SMILES string of the molecule is N#Cc1cccc2c1[nH]c(=S)n2-c1c(Cl)cc(F)cc1Br. The van der Waals surface area contributed by atoms with Gasteiger partial charge in [0.2, 0.25) is 0 Å². The molecule has 0 spiro atoms. The van der Waals surface area contributed by atoms with Gasteiger partial charge in [-0.1, -0.05) is 17.7 Å². The van der Waals surface area contributed by atoms with E-state index in [1.807, 2.05) is 6.07 Å². The molecule has 0 amide bonds. The monoisotopic (exact) mass is 381 g/mol. The predicted octanol–water partition coefficient (Wildman–Crippen LogP) is 5.11. The lowest BCUT2D eigenvalue weighted by atomic mass is 10.2. The molecule has 0 fully saturated rings. The summed E-state index contributed by atoms with van der Waals surface area (Å²) in [6, 6.07) is 9.90. The number of imidazole rings is 1. The fourth-order valence-electron chi connectivity index (χ4n) is 2.19. The van der Waals surface area contributed by atoms with Crippen molar-refractivity contribution in [3.8, 4) is 11.8 Å². The third kappa shape index (κ3) is 2.27. The van der Waals surface area contributed by atoms with Crippen LogP contribution in [0, 0.1) is 21.9 Å². The Balaban J connectivity index is 2.45. The fraction of sp³-hybridized carbons (Fsp3) is 0. The number of hydrogen-bond acceptors (Lipinski definition) is 2. The minimum atomic E-state index is -0.445. The number of rotatable bonds is 1. The average molecular weight is 383 g/mol. The third-order valence-electron chi connectivity index (χ3n) is 3.04. The fourth-order valence-corrected chi connectivity index (χ4v) is 3.50. The maximum absolute atomic E-state index is 13.4. The number of aromatic nitrogens is 2. The molecule has 0 saturated heterocycles. The van der Waals surface area contributed by atoms with Crippen molar-refractivity contribution in [3.05, 3.63) is 56.0 Å². The zero-order valence-corrected chi connectivity index (χ0v) is 13.5. The first-order chi connectivity index (χ1) is 10.0. The van der Waals surface area contributed by atoms with E-state index in [0.717, 1.165) is 0 Å². The van der Waals surface area contributed by atoms with E-state index in [1.54, 1.807) is 16.7 Å². The molecule has 1 aromatic heterocycles. The molecule has 1 heterocycles. The van der Waals surface area contributed by atoms with Crippen molar-refractivity contribution in [2.45, 2.75) is 0 Å². The lowest BCUT2D eigenvalue weighted by molar-refractivity contribution is 0.626. The molecule has 0 saturated carbocycles. The van der Waals surface area contributed by atoms with Gasteiger partial charge in [-0.2, -0.15) is 5.26 Å². The van der Waals surface area contributed by atoms with Crippen LogP contribution in [0.4, 0.5) is 4.39 Å². The zero-order chi connectivity index (χ0) is 15.1. The molecule has 3 aromatic rings. The Kier molecular flexibility index (Phi) is 3.57. The van der Waals surface area contributed by atoms with Crippen molar-refractivity contribution >= 4 is 50.8 Å². The van der Waals surface area contributed by atoms with E-state index in [0.29, 0.717) is 31.5 Å². The summed E-state index contributed by atoms with van der Waals surface area (Å²) in [4.78, 5) is 3.00. The smallest absolute Gasteiger partial charge is 0.182 e. The van der Waals surface area contributed by atoms with Crippen molar-refractivity contribution in [1.29, 1.82) is 5.26 Å². The van der Waals surface area contributed by atoms with E-state index in [-0.39, 0.29) is 5.02 Å². The van der Waals surface area contributed by atoms with E-state index in [4.69, 9.17) is 29.1 Å². The molecule has 104 valence electrons. The molecule has 3 nitrogen and oxygen atoms in total. The molecule has 7 heteroatoms. The molecule has 0 radical (unpaired) electrons. The van der Waals surface area contributed by atoms with Crippen LogP contribution in [-0.2, 0) is 0 Å². The van der Waals surface area contributed by atoms with Crippen molar-refractivity contribution in [2.75, 3.05) is 0 Å². The van der Waals surface area contributed by atoms with Crippen LogP contribution >= 0.6 is 39.7 Å². The molecule has 3 rings (SSSR count). The Morgan fingerprint density at radius 3 is 2.81 bits per heavy atom. The number of nitriles is 1. The third-order valence-corrected chi connectivity index (χ3v) is 4.22. The second kappa shape index (κ2) is 5.26. The van der Waals surface area contributed by atoms with Gasteiger partial charge in [-0.25, -0.2) is 4.39 Å². The summed E-state index contributed by atoms with van der Waals surface area (Å²) in [6.07, 6.45) is 0. The minimum Gasteiger partial charge on any atom is -0.329 e. The lowest BCUT2D eigenvalue weighted by Crippen LogP contribution is -1.97. The second-order valence-corrected chi connectivity index (χ2v) is 5.94. The molecule has 2 aromatic carbocycles. The number of aromatic amines is 1. The maximum Gasteiger partial charge on any atom is 0.182 e. The van der Waals surface area contributed by atoms with Crippen LogP contribution < -0.4 is 0 Å². The summed E-state index contributed by atoms with van der Waals surface area (Å²) >= 11 is 14.8. The number of para-hydroxylation sites is 1. The highest BCUT2D eigenvalue weighted by atomic mass is 79.9. The van der Waals surface area contributed by atoms with E-state index < -0.39 is 5.82 Å². The molecular weight excluding hydrogens is 377 g/mol. The number of nitrogens with zero attached hydrogens (tertiary/aromatic N) is 2. The normalized spacial score (nSPS) is 10.8. The average Bonchev–Trinajstić information content (AvgIpc) is 2.74. The number of hydrogen-bond donors (Lipinski definition) is 1. The highest BCUT2D eigenvalue weighted by molar-refractivity contribution is 9.10. The number of benzene rings is 2. The van der Waals surface area contributed by atoms with Gasteiger partial charge in [0.1, 0.15) is 11.9 Å². The highest BCUT2D eigenvalue weighted by Crippen LogP contribution is 2.33. The Hall–Kier alpha value is -1.68. The summed E-state index contributed by atoms with van der Waals surface area (Å²) in [7, 11) is 0. The molecular formula is C14H6BrClFN3S. The maximum atomic E-state index is 13.4. The van der Waals surface area contributed by atoms with Crippen LogP contribution in [0.15, 0.2) is 34.8 Å². The molecule has 1 N–H and O–H groups in total. The van der Waals surface area contributed by atoms with Gasteiger partial charge >= 0.3 is 0 Å². The Morgan fingerprint density at radius 1 is 1.38 bits per heavy atom. The van der Waals surface area contributed by atoms with Crippen LogP contribution in [0.5, 0.6) is 0 Å². The standard InChI is InChI=1S/C14H6BrClFN3S/c15-9-4-8(17)5-10(16)13(9)20-11-3-1-2-7(6-18)12(11)19-14(20)21/h1-5H,(H,19,21). The van der Waals surface area contributed by atoms with Crippen LogP contribution in [0.25, 0.3) is 16.7 Å².